The molecular formula is C34H51N4O8S+. The third-order valence-electron chi connectivity index (χ3n) is 8.55. The van der Waals surface area contributed by atoms with Crippen molar-refractivity contribution in [2.75, 3.05) is 33.4 Å². The molecule has 3 rings (SSSR count). The topological polar surface area (TPSA) is 185 Å². The average molecular weight is 676 g/mol. The lowest BCUT2D eigenvalue weighted by atomic mass is 9.67. The minimum Gasteiger partial charge on any atom is -0.370 e. The fourth-order valence-electron chi connectivity index (χ4n) is 6.21. The van der Waals surface area contributed by atoms with E-state index < -0.39 is 39.3 Å². The van der Waals surface area contributed by atoms with Crippen molar-refractivity contribution in [2.24, 2.45) is 23.1 Å². The third kappa shape index (κ3) is 11.1. The molecule has 0 bridgehead atoms. The number of ether oxygens (including phenoxy) is 1. The Morgan fingerprint density at radius 1 is 1.06 bits per heavy atom. The van der Waals surface area contributed by atoms with Gasteiger partial charge in [0.25, 0.3) is 16.0 Å². The lowest BCUT2D eigenvalue weighted by Crippen LogP contribution is -2.68. The second kappa shape index (κ2) is 18.2. The Hall–Kier alpha value is -3.46. The van der Waals surface area contributed by atoms with E-state index in [0.29, 0.717) is 45.6 Å². The number of Topliss-reactive ketones (excluding diaryl/α,β-unsaturated/α-hetero) is 1. The van der Waals surface area contributed by atoms with Crippen LogP contribution in [0.4, 0.5) is 0 Å². The van der Waals surface area contributed by atoms with Crippen molar-refractivity contribution in [3.63, 3.8) is 0 Å². The first-order valence-electron chi connectivity index (χ1n) is 15.8. The summed E-state index contributed by atoms with van der Waals surface area (Å²) in [5.41, 5.74) is 4.54. The van der Waals surface area contributed by atoms with Crippen molar-refractivity contribution in [1.29, 1.82) is 0 Å². The molecule has 13 heteroatoms. The predicted octanol–water partition coefficient (Wildman–Crippen LogP) is 3.69. The molecule has 260 valence electrons. The van der Waals surface area contributed by atoms with E-state index in [-0.39, 0.29) is 27.5 Å². The number of aryl methyl sites for hydroxylation is 1. The van der Waals surface area contributed by atoms with E-state index in [1.807, 2.05) is 77.2 Å². The van der Waals surface area contributed by atoms with Crippen LogP contribution in [0.5, 0.6) is 0 Å². The van der Waals surface area contributed by atoms with Gasteiger partial charge in [-0.3, -0.25) is 29.6 Å². The number of allylic oxidation sites excluding steroid dienone is 1. The Balaban J connectivity index is 0.000000587. The minimum atomic E-state index is -4.02. The molecule has 1 heterocycles. The summed E-state index contributed by atoms with van der Waals surface area (Å²) in [4.78, 5) is 41.0. The lowest BCUT2D eigenvalue weighted by Gasteiger charge is -2.48. The van der Waals surface area contributed by atoms with E-state index in [0.717, 1.165) is 11.1 Å². The standard InChI is InChI=1S/C27H42N4O5.C7H8O3S/c1-5-14-27(19-20(2)3,26(34)29-28)24(32)23(31(4)15-17-36-18-16-31)22(25(33)30-35)13-9-12-21-10-7-6-8-11-21;1-6-2-4-7(5-3-6)11(8,9)10/h6-12,20,22-23H,5,13-19,28H2,1-4H3,(H2-,29,30,33,34,35);2-5H,1H3,(H,8,9,10)/p+1/b12-9+;/t22-,23+,27?;/m0./s1. The van der Waals surface area contributed by atoms with Crippen LogP contribution in [-0.2, 0) is 29.2 Å². The molecule has 0 radical (unpaired) electrons. The molecule has 3 atom stereocenters. The number of nitrogens with zero attached hydrogens (tertiary/aromatic N) is 1. The summed E-state index contributed by atoms with van der Waals surface area (Å²) < 4.78 is 35.4. The van der Waals surface area contributed by atoms with Crippen molar-refractivity contribution in [3.05, 3.63) is 71.8 Å². The van der Waals surface area contributed by atoms with E-state index in [9.17, 15) is 28.0 Å². The number of hydrazine groups is 1. The van der Waals surface area contributed by atoms with Crippen molar-refractivity contribution < 1.29 is 41.8 Å². The number of likely N-dealkylation sites (N-methyl/N-ethyl adjacent to an activating group) is 1. The number of amides is 2. The fourth-order valence-corrected chi connectivity index (χ4v) is 6.69. The average Bonchev–Trinajstić information content (AvgIpc) is 3.03. The number of quaternary nitrogens is 1. The largest absolute Gasteiger partial charge is 0.370 e. The van der Waals surface area contributed by atoms with E-state index in [1.165, 1.54) is 12.1 Å². The summed E-state index contributed by atoms with van der Waals surface area (Å²) in [6.45, 7) is 9.55. The number of rotatable bonds is 14. The van der Waals surface area contributed by atoms with E-state index in [1.54, 1.807) is 17.6 Å². The monoisotopic (exact) mass is 675 g/mol. The number of carbonyl (C=O) groups excluding carboxylic acids is 3. The fraction of sp³-hybridized carbons (Fsp3) is 0.500. The maximum atomic E-state index is 14.6. The smallest absolute Gasteiger partial charge is 0.294 e. The summed E-state index contributed by atoms with van der Waals surface area (Å²) >= 11 is 0. The minimum absolute atomic E-state index is 0.0385. The van der Waals surface area contributed by atoms with Crippen LogP contribution in [0.3, 0.4) is 0 Å². The maximum Gasteiger partial charge on any atom is 0.294 e. The van der Waals surface area contributed by atoms with Crippen LogP contribution in [0.1, 0.15) is 57.6 Å². The molecule has 2 aromatic carbocycles. The van der Waals surface area contributed by atoms with Crippen LogP contribution in [0.25, 0.3) is 6.08 Å². The van der Waals surface area contributed by atoms with Gasteiger partial charge in [-0.05, 0) is 49.8 Å². The molecule has 1 saturated heterocycles. The van der Waals surface area contributed by atoms with Crippen LogP contribution in [0.2, 0.25) is 0 Å². The third-order valence-corrected chi connectivity index (χ3v) is 9.42. The van der Waals surface area contributed by atoms with Crippen molar-refractivity contribution in [1.82, 2.24) is 10.9 Å². The molecule has 47 heavy (non-hydrogen) atoms. The summed E-state index contributed by atoms with van der Waals surface area (Å²) in [5, 5.41) is 9.68. The molecule has 0 saturated carbocycles. The quantitative estimate of drug-likeness (QED) is 0.0379. The number of morpholine rings is 1. The van der Waals surface area contributed by atoms with Crippen LogP contribution >= 0.6 is 0 Å². The molecule has 1 aliphatic rings. The normalized spacial score (nSPS) is 17.1. The predicted molar refractivity (Wildman–Crippen MR) is 179 cm³/mol. The molecule has 0 aliphatic carbocycles. The van der Waals surface area contributed by atoms with Gasteiger partial charge >= 0.3 is 0 Å². The second-order valence-electron chi connectivity index (χ2n) is 12.7. The first-order valence-corrected chi connectivity index (χ1v) is 17.3. The number of nitrogens with one attached hydrogen (secondary N) is 2. The van der Waals surface area contributed by atoms with Gasteiger partial charge in [0, 0.05) is 0 Å². The molecule has 1 fully saturated rings. The number of carbonyl (C=O) groups is 3. The number of benzene rings is 2. The highest BCUT2D eigenvalue weighted by molar-refractivity contribution is 7.85. The van der Waals surface area contributed by atoms with E-state index in [4.69, 9.17) is 15.1 Å². The molecule has 0 aromatic heterocycles. The number of hydrogen-bond donors (Lipinski definition) is 5. The first-order chi connectivity index (χ1) is 22.1. The zero-order valence-corrected chi connectivity index (χ0v) is 28.8. The van der Waals surface area contributed by atoms with E-state index >= 15 is 0 Å². The number of hydrogen-bond acceptors (Lipinski definition) is 8. The molecule has 1 aliphatic heterocycles. The number of hydroxylamine groups is 1. The second-order valence-corrected chi connectivity index (χ2v) is 14.1. The Kier molecular flexibility index (Phi) is 15.4. The summed E-state index contributed by atoms with van der Waals surface area (Å²) in [6, 6.07) is 14.7. The summed E-state index contributed by atoms with van der Waals surface area (Å²) in [6.07, 6.45) is 5.15. The van der Waals surface area contributed by atoms with Gasteiger partial charge in [-0.15, -0.1) is 0 Å². The van der Waals surface area contributed by atoms with Crippen LogP contribution in [0, 0.1) is 24.2 Å². The lowest BCUT2D eigenvalue weighted by molar-refractivity contribution is -0.934. The number of nitrogens with two attached hydrogens (primary N) is 1. The van der Waals surface area contributed by atoms with Crippen LogP contribution < -0.4 is 16.7 Å². The molecular weight excluding hydrogens is 624 g/mol. The Labute approximate surface area is 278 Å². The van der Waals surface area contributed by atoms with Gasteiger partial charge in [-0.1, -0.05) is 87.4 Å². The van der Waals surface area contributed by atoms with Crippen molar-refractivity contribution >= 4 is 33.8 Å². The Morgan fingerprint density at radius 3 is 2.15 bits per heavy atom. The molecule has 6 N–H and O–H groups in total. The van der Waals surface area contributed by atoms with Crippen LogP contribution in [0.15, 0.2) is 65.6 Å². The molecule has 1 unspecified atom stereocenters. The van der Waals surface area contributed by atoms with Crippen molar-refractivity contribution in [3.8, 4) is 0 Å². The van der Waals surface area contributed by atoms with E-state index in [2.05, 4.69) is 5.43 Å². The molecule has 2 amide bonds. The zero-order valence-electron chi connectivity index (χ0n) is 28.0. The number of ketones is 1. The molecule has 12 nitrogen and oxygen atoms in total. The Morgan fingerprint density at radius 2 is 1.66 bits per heavy atom. The van der Waals surface area contributed by atoms with Crippen LogP contribution in [-0.4, -0.2) is 79.7 Å². The molecule has 0 spiro atoms. The van der Waals surface area contributed by atoms with Gasteiger partial charge in [0.15, 0.2) is 6.04 Å². The van der Waals surface area contributed by atoms with Gasteiger partial charge in [0.1, 0.15) is 24.4 Å². The van der Waals surface area contributed by atoms with Gasteiger partial charge < -0.3 is 9.22 Å². The first kappa shape index (κ1) is 39.7. The molecule has 2 aromatic rings. The maximum absolute atomic E-state index is 14.6. The highest BCUT2D eigenvalue weighted by Crippen LogP contribution is 2.39. The van der Waals surface area contributed by atoms with Gasteiger partial charge in [-0.25, -0.2) is 11.3 Å². The highest BCUT2D eigenvalue weighted by Gasteiger charge is 2.56. The highest BCUT2D eigenvalue weighted by atomic mass is 32.2. The SMILES string of the molecule is CCCC(CC(C)C)(C(=O)NN)C(=O)[C@@H]([C@H](C/C=C/c1ccccc1)C(=O)NO)[N+]1(C)CCOCC1.Cc1ccc(S(=O)(=O)O)cc1. The summed E-state index contributed by atoms with van der Waals surface area (Å²) in [7, 11) is -2.09. The van der Waals surface area contributed by atoms with Gasteiger partial charge in [0.05, 0.1) is 25.2 Å². The summed E-state index contributed by atoms with van der Waals surface area (Å²) in [5.74, 6) is 3.25. The van der Waals surface area contributed by atoms with Gasteiger partial charge in [-0.2, -0.15) is 8.42 Å². The Bertz CT molecular complexity index is 1440. The van der Waals surface area contributed by atoms with Gasteiger partial charge in [0.2, 0.25) is 11.7 Å². The zero-order chi connectivity index (χ0) is 35.3. The van der Waals surface area contributed by atoms with Crippen molar-refractivity contribution in [2.45, 2.75) is 64.3 Å².